The predicted octanol–water partition coefficient (Wildman–Crippen LogP) is 1.03. The van der Waals surface area contributed by atoms with Gasteiger partial charge in [0.15, 0.2) is 0 Å². The first-order chi connectivity index (χ1) is 3.39. The molecule has 0 atom stereocenters. The fraction of sp³-hybridized carbons (Fsp3) is 0.500. The van der Waals surface area contributed by atoms with Crippen LogP contribution in [0.2, 0.25) is 0 Å². The van der Waals surface area contributed by atoms with Crippen molar-refractivity contribution in [1.29, 1.82) is 0 Å². The van der Waals surface area contributed by atoms with Gasteiger partial charge in [-0.25, -0.2) is 0 Å². The Labute approximate surface area is 47.3 Å². The second kappa shape index (κ2) is 2.12. The zero-order chi connectivity index (χ0) is 5.11. The van der Waals surface area contributed by atoms with E-state index in [1.54, 1.807) is 6.26 Å². The zero-order valence-electron chi connectivity index (χ0n) is 4.13. The van der Waals surface area contributed by atoms with E-state index in [1.165, 1.54) is 12.0 Å². The number of hydrogen-bond acceptors (Lipinski definition) is 3. The van der Waals surface area contributed by atoms with Gasteiger partial charge in [0.05, 0.1) is 12.0 Å². The zero-order valence-corrected chi connectivity index (χ0v) is 4.94. The van der Waals surface area contributed by atoms with Crippen LogP contribution in [-0.2, 0) is 4.18 Å². The summed E-state index contributed by atoms with van der Waals surface area (Å²) in [7, 11) is 2.01. The van der Waals surface area contributed by atoms with Crippen molar-refractivity contribution in [2.75, 3.05) is 12.9 Å². The van der Waals surface area contributed by atoms with Crippen molar-refractivity contribution in [2.24, 2.45) is 0 Å². The average Bonchev–Trinajstić information content (AvgIpc) is 1.69. The molecule has 0 unspecified atom stereocenters. The Balaban J connectivity index is 2.36. The summed E-state index contributed by atoms with van der Waals surface area (Å²) in [6, 6.07) is 0. The molecule has 0 fully saturated rings. The molecule has 0 aromatic heterocycles. The van der Waals surface area contributed by atoms with Crippen LogP contribution in [0.15, 0.2) is 12.5 Å². The Hall–Kier alpha value is -0.310. The van der Waals surface area contributed by atoms with Crippen LogP contribution in [0.5, 0.6) is 0 Å². The monoisotopic (exact) mass is 117 g/mol. The van der Waals surface area contributed by atoms with E-state index in [4.69, 9.17) is 4.18 Å². The molecule has 1 rings (SSSR count). The third-order valence-corrected chi connectivity index (χ3v) is 1.46. The largest absolute Gasteiger partial charge is 0.430 e. The Kier molecular flexibility index (Phi) is 1.46. The fourth-order valence-corrected chi connectivity index (χ4v) is 0.766. The van der Waals surface area contributed by atoms with Gasteiger partial charge in [0.25, 0.3) is 0 Å². The summed E-state index contributed by atoms with van der Waals surface area (Å²) < 4.78 is 4.83. The molecule has 1 heterocycles. The maximum absolute atomic E-state index is 4.83. The van der Waals surface area contributed by atoms with Crippen molar-refractivity contribution in [3.8, 4) is 0 Å². The lowest BCUT2D eigenvalue weighted by Crippen LogP contribution is -2.11. The molecule has 2 nitrogen and oxygen atoms in total. The summed E-state index contributed by atoms with van der Waals surface area (Å²) in [5.41, 5.74) is 0. The molecule has 0 aromatic rings. The van der Waals surface area contributed by atoms with Crippen LogP contribution < -0.4 is 0 Å². The van der Waals surface area contributed by atoms with Gasteiger partial charge in [-0.1, -0.05) is 0 Å². The van der Waals surface area contributed by atoms with Gasteiger partial charge in [0, 0.05) is 13.2 Å². The van der Waals surface area contributed by atoms with Crippen molar-refractivity contribution in [2.45, 2.75) is 0 Å². The normalized spacial score (nSPS) is 19.3. The van der Waals surface area contributed by atoms with Crippen LogP contribution in [0.3, 0.4) is 0 Å². The van der Waals surface area contributed by atoms with E-state index < -0.39 is 0 Å². The third-order valence-electron chi connectivity index (χ3n) is 0.695. The molecule has 0 spiro atoms. The number of hydrogen-bond donors (Lipinski definition) is 0. The summed E-state index contributed by atoms with van der Waals surface area (Å²) in [5, 5.41) is 0. The van der Waals surface area contributed by atoms with E-state index in [9.17, 15) is 0 Å². The molecular weight excluding hydrogens is 110 g/mol. The minimum Gasteiger partial charge on any atom is -0.430 e. The average molecular weight is 117 g/mol. The molecule has 1 aliphatic rings. The summed E-state index contributed by atoms with van der Waals surface area (Å²) in [6.07, 6.45) is 3.57. The molecule has 0 N–H and O–H groups in total. The van der Waals surface area contributed by atoms with Crippen LogP contribution in [-0.4, -0.2) is 17.8 Å². The number of rotatable bonds is 0. The van der Waals surface area contributed by atoms with Crippen LogP contribution in [0.1, 0.15) is 0 Å². The second-order valence-electron chi connectivity index (χ2n) is 1.39. The van der Waals surface area contributed by atoms with E-state index in [1.807, 2.05) is 18.1 Å². The van der Waals surface area contributed by atoms with Gasteiger partial charge in [-0.2, -0.15) is 0 Å². The molecule has 7 heavy (non-hydrogen) atoms. The molecule has 40 valence electrons. The van der Waals surface area contributed by atoms with Gasteiger partial charge >= 0.3 is 0 Å². The van der Waals surface area contributed by atoms with Crippen LogP contribution >= 0.6 is 12.0 Å². The summed E-state index contributed by atoms with van der Waals surface area (Å²) in [6.45, 7) is 0. The highest BCUT2D eigenvalue weighted by Gasteiger charge is 1.95. The van der Waals surface area contributed by atoms with Gasteiger partial charge in [-0.15, -0.1) is 0 Å². The topological polar surface area (TPSA) is 12.5 Å². The van der Waals surface area contributed by atoms with Gasteiger partial charge in [0.2, 0.25) is 0 Å². The summed E-state index contributed by atoms with van der Waals surface area (Å²) in [5.74, 6) is 0.927. The highest BCUT2D eigenvalue weighted by atomic mass is 32.2. The standard InChI is InChI=1S/C4H7NOS/c1-5-2-3-6-7-4-5/h2-3H,4H2,1H3. The number of nitrogens with zero attached hydrogens (tertiary/aromatic N) is 1. The molecule has 0 aliphatic carbocycles. The Bertz CT molecular complexity index is 83.8. The summed E-state index contributed by atoms with van der Waals surface area (Å²) in [4.78, 5) is 2.05. The van der Waals surface area contributed by atoms with Gasteiger partial charge < -0.3 is 9.08 Å². The minimum atomic E-state index is 0.927. The first-order valence-corrected chi connectivity index (χ1v) is 2.96. The third kappa shape index (κ3) is 1.31. The van der Waals surface area contributed by atoms with E-state index in [0.29, 0.717) is 0 Å². The minimum absolute atomic E-state index is 0.927. The fourth-order valence-electron chi connectivity index (χ4n) is 0.325. The summed E-state index contributed by atoms with van der Waals surface area (Å²) >= 11 is 1.44. The van der Waals surface area contributed by atoms with E-state index >= 15 is 0 Å². The SMILES string of the molecule is CN1C=COSC1. The van der Waals surface area contributed by atoms with E-state index in [0.717, 1.165) is 5.88 Å². The van der Waals surface area contributed by atoms with E-state index in [-0.39, 0.29) is 0 Å². The molecule has 0 amide bonds. The Morgan fingerprint density at radius 1 is 1.86 bits per heavy atom. The van der Waals surface area contributed by atoms with Crippen molar-refractivity contribution in [3.05, 3.63) is 12.5 Å². The molecular formula is C4H7NOS. The lowest BCUT2D eigenvalue weighted by atomic mass is 10.8. The molecule has 0 aromatic carbocycles. The first kappa shape index (κ1) is 4.84. The van der Waals surface area contributed by atoms with Crippen molar-refractivity contribution in [3.63, 3.8) is 0 Å². The lowest BCUT2D eigenvalue weighted by molar-refractivity contribution is 0.451. The van der Waals surface area contributed by atoms with Gasteiger partial charge in [0.1, 0.15) is 12.1 Å². The predicted molar refractivity (Wildman–Crippen MR) is 30.4 cm³/mol. The molecule has 3 heteroatoms. The molecule has 1 aliphatic heterocycles. The molecule has 0 saturated carbocycles. The van der Waals surface area contributed by atoms with Gasteiger partial charge in [-0.3, -0.25) is 0 Å². The van der Waals surface area contributed by atoms with Gasteiger partial charge in [-0.05, 0) is 0 Å². The van der Waals surface area contributed by atoms with Crippen LogP contribution in [0.25, 0.3) is 0 Å². The van der Waals surface area contributed by atoms with E-state index in [2.05, 4.69) is 0 Å². The first-order valence-electron chi connectivity index (χ1n) is 2.05. The maximum atomic E-state index is 4.83. The molecule has 0 bridgehead atoms. The highest BCUT2D eigenvalue weighted by Crippen LogP contribution is 2.09. The smallest absolute Gasteiger partial charge is 0.117 e. The van der Waals surface area contributed by atoms with Crippen molar-refractivity contribution in [1.82, 2.24) is 4.90 Å². The van der Waals surface area contributed by atoms with Crippen LogP contribution in [0, 0.1) is 0 Å². The lowest BCUT2D eigenvalue weighted by Gasteiger charge is -2.15. The molecule has 0 saturated heterocycles. The Morgan fingerprint density at radius 2 is 2.71 bits per heavy atom. The highest BCUT2D eigenvalue weighted by molar-refractivity contribution is 7.94. The van der Waals surface area contributed by atoms with Crippen molar-refractivity contribution >= 4 is 12.0 Å². The second-order valence-corrected chi connectivity index (χ2v) is 2.07. The molecule has 0 radical (unpaired) electrons. The van der Waals surface area contributed by atoms with Crippen LogP contribution in [0.4, 0.5) is 0 Å². The maximum Gasteiger partial charge on any atom is 0.117 e. The quantitative estimate of drug-likeness (QED) is 0.440. The van der Waals surface area contributed by atoms with Crippen molar-refractivity contribution < 1.29 is 4.18 Å². The Morgan fingerprint density at radius 3 is 3.00 bits per heavy atom.